The van der Waals surface area contributed by atoms with Crippen molar-refractivity contribution in [1.29, 1.82) is 0 Å². The Bertz CT molecular complexity index is 394. The van der Waals surface area contributed by atoms with Crippen molar-refractivity contribution < 1.29 is 8.87 Å². The van der Waals surface area contributed by atoms with Crippen LogP contribution in [0.15, 0.2) is 24.4 Å². The fourth-order valence-corrected chi connectivity index (χ4v) is 0.985. The first-order valence-electron chi connectivity index (χ1n) is 3.07. The molecule has 0 atom stereocenters. The molecule has 2 rings (SSSR count). The van der Waals surface area contributed by atoms with Crippen molar-refractivity contribution in [2.24, 2.45) is 0 Å². The van der Waals surface area contributed by atoms with Crippen LogP contribution in [0.2, 0.25) is 0 Å². The van der Waals surface area contributed by atoms with Gasteiger partial charge in [0, 0.05) is 0 Å². The minimum atomic E-state index is -0.452. The van der Waals surface area contributed by atoms with Crippen LogP contribution in [0.4, 0.5) is 8.87 Å². The molecule has 2 aromatic rings. The van der Waals surface area contributed by atoms with Crippen LogP contribution in [0, 0.1) is 5.82 Å². The summed E-state index contributed by atoms with van der Waals surface area (Å²) in [5.41, 5.74) is 0.157. The summed E-state index contributed by atoms with van der Waals surface area (Å²) >= 11 is 0. The van der Waals surface area contributed by atoms with Gasteiger partial charge in [-0.15, -0.1) is 5.10 Å². The molecule has 0 saturated heterocycles. The van der Waals surface area contributed by atoms with Gasteiger partial charge in [0.05, 0.1) is 11.6 Å². The maximum Gasteiger partial charge on any atom is 0.134 e. The highest BCUT2D eigenvalue weighted by molar-refractivity contribution is 5.78. The van der Waals surface area contributed by atoms with Crippen LogP contribution in [0.5, 0.6) is 0 Å². The zero-order chi connectivity index (χ0) is 7.84. The van der Waals surface area contributed by atoms with E-state index in [1.54, 1.807) is 0 Å². The number of hydrogen-bond donors (Lipinski definition) is 0. The molecule has 0 unspecified atom stereocenters. The zero-order valence-electron chi connectivity index (χ0n) is 5.46. The van der Waals surface area contributed by atoms with E-state index in [1.165, 1.54) is 18.2 Å². The van der Waals surface area contributed by atoms with E-state index in [-0.39, 0.29) is 15.8 Å². The Balaban J connectivity index is 2.94. The SMILES string of the molecule is Fc1cccc2c1cnn2F. The maximum atomic E-state index is 12.8. The molecule has 0 fully saturated rings. The molecule has 0 radical (unpaired) electrons. The summed E-state index contributed by atoms with van der Waals surface area (Å²) in [5.74, 6) is -0.452. The molecule has 0 aliphatic heterocycles. The van der Waals surface area contributed by atoms with Gasteiger partial charge in [-0.1, -0.05) is 15.5 Å². The highest BCUT2D eigenvalue weighted by Gasteiger charge is 2.04. The maximum absolute atomic E-state index is 12.8. The van der Waals surface area contributed by atoms with Crippen LogP contribution in [-0.4, -0.2) is 10.0 Å². The monoisotopic (exact) mass is 154 g/mol. The first-order chi connectivity index (χ1) is 5.29. The number of fused-ring (bicyclic) bond motifs is 1. The van der Waals surface area contributed by atoms with Gasteiger partial charge in [0.2, 0.25) is 0 Å². The Morgan fingerprint density at radius 1 is 1.36 bits per heavy atom. The summed E-state index contributed by atoms with van der Waals surface area (Å²) < 4.78 is 25.3. The highest BCUT2D eigenvalue weighted by Crippen LogP contribution is 2.16. The lowest BCUT2D eigenvalue weighted by atomic mass is 10.2. The summed E-state index contributed by atoms with van der Waals surface area (Å²) in [6.45, 7) is 0. The van der Waals surface area contributed by atoms with Crippen LogP contribution in [0.25, 0.3) is 10.9 Å². The van der Waals surface area contributed by atoms with Gasteiger partial charge in [-0.25, -0.2) is 4.39 Å². The van der Waals surface area contributed by atoms with Crippen molar-refractivity contribution in [3.05, 3.63) is 30.2 Å². The van der Waals surface area contributed by atoms with Crippen molar-refractivity contribution >= 4 is 10.9 Å². The summed E-state index contributed by atoms with van der Waals surface area (Å²) in [4.78, 5) is 0.151. The number of benzene rings is 1. The van der Waals surface area contributed by atoms with Crippen molar-refractivity contribution in [3.8, 4) is 0 Å². The summed E-state index contributed by atoms with van der Waals surface area (Å²) in [6.07, 6.45) is 1.16. The molecular weight excluding hydrogens is 150 g/mol. The third-order valence-corrected chi connectivity index (χ3v) is 1.52. The van der Waals surface area contributed by atoms with Crippen LogP contribution >= 0.6 is 0 Å². The molecule has 1 aromatic heterocycles. The van der Waals surface area contributed by atoms with Gasteiger partial charge in [-0.05, 0) is 12.1 Å². The van der Waals surface area contributed by atoms with Gasteiger partial charge in [-0.2, -0.15) is 0 Å². The van der Waals surface area contributed by atoms with Crippen molar-refractivity contribution in [2.45, 2.75) is 0 Å². The Hall–Kier alpha value is -1.45. The lowest BCUT2D eigenvalue weighted by molar-refractivity contribution is 0.332. The average Bonchev–Trinajstić information content (AvgIpc) is 2.35. The molecule has 1 aromatic carbocycles. The number of nitrogens with zero attached hydrogens (tertiary/aromatic N) is 2. The van der Waals surface area contributed by atoms with E-state index in [9.17, 15) is 8.87 Å². The topological polar surface area (TPSA) is 17.8 Å². The third kappa shape index (κ3) is 0.790. The fourth-order valence-electron chi connectivity index (χ4n) is 0.985. The highest BCUT2D eigenvalue weighted by atomic mass is 19.2. The van der Waals surface area contributed by atoms with E-state index in [0.717, 1.165) is 6.20 Å². The van der Waals surface area contributed by atoms with Crippen molar-refractivity contribution in [2.75, 3.05) is 0 Å². The molecular formula is C7H4F2N2. The van der Waals surface area contributed by atoms with Gasteiger partial charge in [-0.3, -0.25) is 0 Å². The van der Waals surface area contributed by atoms with E-state index in [2.05, 4.69) is 5.10 Å². The van der Waals surface area contributed by atoms with Gasteiger partial charge in [0.15, 0.2) is 0 Å². The Morgan fingerprint density at radius 3 is 2.91 bits per heavy atom. The van der Waals surface area contributed by atoms with E-state index < -0.39 is 5.82 Å². The second-order valence-corrected chi connectivity index (χ2v) is 2.18. The average molecular weight is 154 g/mol. The Kier molecular flexibility index (Phi) is 1.15. The second kappa shape index (κ2) is 2.02. The van der Waals surface area contributed by atoms with Gasteiger partial charge >= 0.3 is 0 Å². The molecule has 4 heteroatoms. The zero-order valence-corrected chi connectivity index (χ0v) is 5.46. The Labute approximate surface area is 61.0 Å². The lowest BCUT2D eigenvalue weighted by Gasteiger charge is -1.89. The summed E-state index contributed by atoms with van der Waals surface area (Å²) in [6, 6.07) is 4.17. The molecule has 11 heavy (non-hydrogen) atoms. The molecule has 2 nitrogen and oxygen atoms in total. The number of rotatable bonds is 0. The predicted octanol–water partition coefficient (Wildman–Crippen LogP) is 1.91. The standard InChI is InChI=1S/C7H4F2N2/c8-6-2-1-3-7-5(6)4-10-11(7)9/h1-4H. The predicted molar refractivity (Wildman–Crippen MR) is 36.2 cm³/mol. The first-order valence-corrected chi connectivity index (χ1v) is 3.07. The normalized spacial score (nSPS) is 10.7. The molecule has 1 heterocycles. The molecule has 0 amide bonds. The van der Waals surface area contributed by atoms with Gasteiger partial charge in [0.25, 0.3) is 0 Å². The van der Waals surface area contributed by atoms with Crippen LogP contribution < -0.4 is 0 Å². The molecule has 0 N–H and O–H groups in total. The van der Waals surface area contributed by atoms with E-state index in [0.29, 0.717) is 0 Å². The minimum Gasteiger partial charge on any atom is -0.206 e. The quantitative estimate of drug-likeness (QED) is 0.566. The van der Waals surface area contributed by atoms with Crippen molar-refractivity contribution in [3.63, 3.8) is 0 Å². The molecule has 56 valence electrons. The number of aromatic nitrogens is 2. The van der Waals surface area contributed by atoms with Crippen LogP contribution in [0.3, 0.4) is 0 Å². The lowest BCUT2D eigenvalue weighted by Crippen LogP contribution is -1.82. The molecule has 0 aliphatic rings. The minimum absolute atomic E-state index is 0.151. The summed E-state index contributed by atoms with van der Waals surface area (Å²) in [5, 5.41) is 3.47. The molecule has 0 spiro atoms. The van der Waals surface area contributed by atoms with E-state index in [1.807, 2.05) is 0 Å². The fraction of sp³-hybridized carbons (Fsp3) is 0. The smallest absolute Gasteiger partial charge is 0.134 e. The largest absolute Gasteiger partial charge is 0.206 e. The molecule has 0 aliphatic carbocycles. The Morgan fingerprint density at radius 2 is 2.18 bits per heavy atom. The van der Waals surface area contributed by atoms with E-state index >= 15 is 0 Å². The van der Waals surface area contributed by atoms with Gasteiger partial charge < -0.3 is 0 Å². The van der Waals surface area contributed by atoms with Crippen LogP contribution in [0.1, 0.15) is 0 Å². The van der Waals surface area contributed by atoms with Gasteiger partial charge in [0.1, 0.15) is 11.3 Å². The van der Waals surface area contributed by atoms with Crippen LogP contribution in [-0.2, 0) is 0 Å². The third-order valence-electron chi connectivity index (χ3n) is 1.52. The van der Waals surface area contributed by atoms with E-state index in [4.69, 9.17) is 0 Å². The molecule has 0 bridgehead atoms. The second-order valence-electron chi connectivity index (χ2n) is 2.18. The number of halogens is 2. The summed E-state index contributed by atoms with van der Waals surface area (Å²) in [7, 11) is 0. The molecule has 0 saturated carbocycles. The van der Waals surface area contributed by atoms with Crippen molar-refractivity contribution in [1.82, 2.24) is 10.0 Å². The first kappa shape index (κ1) is 6.27. The number of hydrogen-bond acceptors (Lipinski definition) is 1.